The molecule has 2 aliphatic rings. The normalized spacial score (nSPS) is 14.9. The quantitative estimate of drug-likeness (QED) is 0.159. The Labute approximate surface area is 337 Å². The Balaban J connectivity index is 0.974. The maximum atomic E-state index is 2.47. The molecule has 0 N–H and O–H groups in total. The van der Waals surface area contributed by atoms with Gasteiger partial charge in [-0.3, -0.25) is 0 Å². The monoisotopic (exact) mass is 732 g/mol. The van der Waals surface area contributed by atoms with Crippen LogP contribution >= 0.6 is 0 Å². The summed E-state index contributed by atoms with van der Waals surface area (Å²) in [7, 11) is 0. The van der Waals surface area contributed by atoms with Crippen molar-refractivity contribution in [2.45, 2.75) is 71.6 Å². The van der Waals surface area contributed by atoms with Gasteiger partial charge in [0.1, 0.15) is 0 Å². The van der Waals surface area contributed by atoms with E-state index in [0.29, 0.717) is 0 Å². The Kier molecular flexibility index (Phi) is 6.95. The standard InChI is InChI=1S/C57H48/c1-33-25-40(27-41(26-33)43-20-15-34-13-14-38-28-42(55(2,3)4)29-39-19-24-48(43)54(34)53(38)39)37-18-23-47-46-22-17-36(31-51(46)57(7,8)52(47)32-37)35-16-21-45-44-11-9-10-12-49(44)56(5,6)50(45)30-35/h9-32H,1-8H3. The highest BCUT2D eigenvalue weighted by molar-refractivity contribution is 6.25. The zero-order valence-electron chi connectivity index (χ0n) is 34.4. The van der Waals surface area contributed by atoms with E-state index in [2.05, 4.69) is 201 Å². The van der Waals surface area contributed by atoms with Crippen molar-refractivity contribution in [3.8, 4) is 55.6 Å². The summed E-state index contributed by atoms with van der Waals surface area (Å²) < 4.78 is 0. The van der Waals surface area contributed by atoms with Gasteiger partial charge in [0.15, 0.2) is 0 Å². The van der Waals surface area contributed by atoms with Crippen LogP contribution < -0.4 is 0 Å². The summed E-state index contributed by atoms with van der Waals surface area (Å²) in [4.78, 5) is 0. The lowest BCUT2D eigenvalue weighted by Gasteiger charge is -2.23. The van der Waals surface area contributed by atoms with E-state index in [4.69, 9.17) is 0 Å². The molecule has 0 atom stereocenters. The summed E-state index contributed by atoms with van der Waals surface area (Å²) in [5, 5.41) is 8.03. The van der Waals surface area contributed by atoms with Gasteiger partial charge in [0.05, 0.1) is 0 Å². The highest BCUT2D eigenvalue weighted by Gasteiger charge is 2.37. The molecular formula is C57H48. The molecule has 276 valence electrons. The second-order valence-corrected chi connectivity index (χ2v) is 19.1. The molecule has 9 aromatic rings. The minimum atomic E-state index is -0.130. The van der Waals surface area contributed by atoms with Crippen LogP contribution in [-0.2, 0) is 16.2 Å². The minimum Gasteiger partial charge on any atom is -0.0619 e. The number of fused-ring (bicyclic) bond motifs is 6. The van der Waals surface area contributed by atoms with E-state index in [-0.39, 0.29) is 16.2 Å². The van der Waals surface area contributed by atoms with Crippen LogP contribution in [0.1, 0.15) is 81.8 Å². The van der Waals surface area contributed by atoms with Crippen molar-refractivity contribution < 1.29 is 0 Å². The van der Waals surface area contributed by atoms with E-state index in [1.54, 1.807) is 0 Å². The van der Waals surface area contributed by atoms with Crippen LogP contribution in [0.4, 0.5) is 0 Å². The summed E-state index contributed by atoms with van der Waals surface area (Å²) in [6, 6.07) is 56.3. The SMILES string of the molecule is Cc1cc(-c2ccc3c(c2)C(C)(C)c2cc(-c4ccc5c(c4)C(C)(C)c4ccccc4-5)ccc2-3)cc(-c2ccc3ccc4cc(C(C)(C)C)cc5ccc2c3c45)c1. The molecule has 0 nitrogen and oxygen atoms in total. The summed E-state index contributed by atoms with van der Waals surface area (Å²) in [6.45, 7) is 18.7. The highest BCUT2D eigenvalue weighted by atomic mass is 14.4. The van der Waals surface area contributed by atoms with Crippen LogP contribution in [0.15, 0.2) is 146 Å². The van der Waals surface area contributed by atoms with Gasteiger partial charge in [-0.05, 0) is 158 Å². The second-order valence-electron chi connectivity index (χ2n) is 19.1. The molecule has 0 spiro atoms. The maximum absolute atomic E-state index is 2.47. The Morgan fingerprint density at radius 2 is 0.842 bits per heavy atom. The van der Waals surface area contributed by atoms with Gasteiger partial charge < -0.3 is 0 Å². The molecule has 0 amide bonds. The zero-order valence-corrected chi connectivity index (χ0v) is 34.4. The largest absolute Gasteiger partial charge is 0.0619 e. The number of hydrogen-bond donors (Lipinski definition) is 0. The van der Waals surface area contributed by atoms with Gasteiger partial charge in [0.25, 0.3) is 0 Å². The Morgan fingerprint density at radius 1 is 0.368 bits per heavy atom. The van der Waals surface area contributed by atoms with E-state index >= 15 is 0 Å². The van der Waals surface area contributed by atoms with E-state index in [0.717, 1.165) is 0 Å². The van der Waals surface area contributed by atoms with Crippen LogP contribution in [0, 0.1) is 6.92 Å². The molecule has 0 aromatic heterocycles. The molecule has 0 heteroatoms. The first-order chi connectivity index (χ1) is 27.3. The molecule has 0 fully saturated rings. The molecule has 2 aliphatic carbocycles. The van der Waals surface area contributed by atoms with Crippen molar-refractivity contribution in [1.82, 2.24) is 0 Å². The number of aryl methyl sites for hydroxylation is 1. The fraction of sp³-hybridized carbons (Fsp3) is 0.193. The lowest BCUT2D eigenvalue weighted by Crippen LogP contribution is -2.15. The zero-order chi connectivity index (χ0) is 39.2. The summed E-state index contributed by atoms with van der Waals surface area (Å²) in [5.74, 6) is 0. The fourth-order valence-electron chi connectivity index (χ4n) is 10.6. The van der Waals surface area contributed by atoms with Crippen LogP contribution in [0.25, 0.3) is 88.0 Å². The lowest BCUT2D eigenvalue weighted by molar-refractivity contribution is 0.591. The Morgan fingerprint density at radius 3 is 1.46 bits per heavy atom. The van der Waals surface area contributed by atoms with E-state index in [1.807, 2.05) is 0 Å². The Bertz CT molecular complexity index is 3140. The van der Waals surface area contributed by atoms with E-state index in [9.17, 15) is 0 Å². The first-order valence-corrected chi connectivity index (χ1v) is 20.7. The van der Waals surface area contributed by atoms with E-state index in [1.165, 1.54) is 121 Å². The fourth-order valence-corrected chi connectivity index (χ4v) is 10.6. The van der Waals surface area contributed by atoms with Crippen molar-refractivity contribution >= 4 is 32.3 Å². The summed E-state index contributed by atoms with van der Waals surface area (Å²) in [6.07, 6.45) is 0. The number of rotatable bonds is 3. The summed E-state index contributed by atoms with van der Waals surface area (Å²) in [5.41, 5.74) is 21.4. The van der Waals surface area contributed by atoms with Gasteiger partial charge in [-0.15, -0.1) is 0 Å². The van der Waals surface area contributed by atoms with Crippen molar-refractivity contribution in [3.05, 3.63) is 179 Å². The predicted octanol–water partition coefficient (Wildman–Crippen LogP) is 15.8. The Hall–Kier alpha value is -5.98. The van der Waals surface area contributed by atoms with Gasteiger partial charge >= 0.3 is 0 Å². The third-order valence-corrected chi connectivity index (χ3v) is 13.8. The number of benzene rings is 9. The van der Waals surface area contributed by atoms with Crippen LogP contribution in [0.2, 0.25) is 0 Å². The smallest absolute Gasteiger partial charge is 0.0159 e. The van der Waals surface area contributed by atoms with Gasteiger partial charge in [-0.1, -0.05) is 170 Å². The molecular weight excluding hydrogens is 685 g/mol. The topological polar surface area (TPSA) is 0 Å². The van der Waals surface area contributed by atoms with Gasteiger partial charge in [0, 0.05) is 10.8 Å². The molecule has 0 aliphatic heterocycles. The molecule has 0 bridgehead atoms. The van der Waals surface area contributed by atoms with Gasteiger partial charge in [-0.25, -0.2) is 0 Å². The number of hydrogen-bond acceptors (Lipinski definition) is 0. The lowest BCUT2D eigenvalue weighted by atomic mass is 9.80. The minimum absolute atomic E-state index is 0.0172. The molecule has 0 saturated heterocycles. The van der Waals surface area contributed by atoms with Crippen molar-refractivity contribution in [2.24, 2.45) is 0 Å². The second kappa shape index (κ2) is 11.5. The molecule has 11 rings (SSSR count). The third kappa shape index (κ3) is 4.93. The van der Waals surface area contributed by atoms with Gasteiger partial charge in [0.2, 0.25) is 0 Å². The van der Waals surface area contributed by atoms with Crippen molar-refractivity contribution in [1.29, 1.82) is 0 Å². The van der Waals surface area contributed by atoms with Gasteiger partial charge in [-0.2, -0.15) is 0 Å². The average molecular weight is 733 g/mol. The first-order valence-electron chi connectivity index (χ1n) is 20.7. The molecule has 0 radical (unpaired) electrons. The molecule has 0 heterocycles. The third-order valence-electron chi connectivity index (χ3n) is 13.8. The maximum Gasteiger partial charge on any atom is 0.0159 e. The van der Waals surface area contributed by atoms with Crippen LogP contribution in [0.5, 0.6) is 0 Å². The van der Waals surface area contributed by atoms with Crippen LogP contribution in [0.3, 0.4) is 0 Å². The highest BCUT2D eigenvalue weighted by Crippen LogP contribution is 2.53. The van der Waals surface area contributed by atoms with E-state index < -0.39 is 0 Å². The van der Waals surface area contributed by atoms with Crippen molar-refractivity contribution in [3.63, 3.8) is 0 Å². The molecule has 9 aromatic carbocycles. The molecule has 0 unspecified atom stereocenters. The molecule has 57 heavy (non-hydrogen) atoms. The average Bonchev–Trinajstić information content (AvgIpc) is 3.57. The predicted molar refractivity (Wildman–Crippen MR) is 245 cm³/mol. The molecule has 0 saturated carbocycles. The van der Waals surface area contributed by atoms with Crippen molar-refractivity contribution in [2.75, 3.05) is 0 Å². The summed E-state index contributed by atoms with van der Waals surface area (Å²) >= 11 is 0. The first kappa shape index (κ1) is 34.3. The van der Waals surface area contributed by atoms with Crippen LogP contribution in [-0.4, -0.2) is 0 Å².